The average Bonchev–Trinajstić information content (AvgIpc) is 2.34. The Kier molecular flexibility index (Phi) is 4.48. The lowest BCUT2D eigenvalue weighted by atomic mass is 10.0. The summed E-state index contributed by atoms with van der Waals surface area (Å²) in [4.78, 5) is 14.1. The van der Waals surface area contributed by atoms with Gasteiger partial charge in [-0.15, -0.1) is 0 Å². The number of halogens is 2. The van der Waals surface area contributed by atoms with Crippen molar-refractivity contribution in [3.63, 3.8) is 0 Å². The number of nitrogens with zero attached hydrogens (tertiary/aromatic N) is 1. The summed E-state index contributed by atoms with van der Waals surface area (Å²) >= 11 is 3.27. The van der Waals surface area contributed by atoms with E-state index in [1.807, 2.05) is 11.9 Å². The van der Waals surface area contributed by atoms with Crippen molar-refractivity contribution in [1.29, 1.82) is 0 Å². The molecule has 1 unspecified atom stereocenters. The molecule has 0 radical (unpaired) electrons. The first-order chi connectivity index (χ1) is 8.56. The second-order valence-corrected chi connectivity index (χ2v) is 5.42. The van der Waals surface area contributed by atoms with Gasteiger partial charge in [0.1, 0.15) is 11.9 Å². The highest BCUT2D eigenvalue weighted by Crippen LogP contribution is 2.17. The third-order valence-corrected chi connectivity index (χ3v) is 3.49. The fraction of sp³-hybridized carbons (Fsp3) is 0.462. The molecule has 0 aromatic heterocycles. The molecule has 0 N–H and O–H groups in total. The summed E-state index contributed by atoms with van der Waals surface area (Å²) in [6, 6.07) is 4.62. The van der Waals surface area contributed by atoms with Gasteiger partial charge in [-0.05, 0) is 30.8 Å². The summed E-state index contributed by atoms with van der Waals surface area (Å²) < 4.78 is 19.7. The lowest BCUT2D eigenvalue weighted by Gasteiger charge is -2.29. The van der Waals surface area contributed by atoms with Crippen molar-refractivity contribution in [1.82, 2.24) is 4.90 Å². The number of hydrogen-bond acceptors (Lipinski definition) is 3. The molecule has 1 aliphatic heterocycles. The standard InChI is InChI=1S/C13H15BrFNO2/c1-16-4-5-18-13(8-16)12(17)7-9-6-10(14)2-3-11(9)15/h2-3,6,13H,4-5,7-8H2,1H3. The molecule has 0 amide bonds. The molecule has 1 saturated heterocycles. The summed E-state index contributed by atoms with van der Waals surface area (Å²) in [6.45, 7) is 1.96. The number of carbonyl (C=O) groups excluding carboxylic acids is 1. The minimum atomic E-state index is -0.442. The maximum Gasteiger partial charge on any atom is 0.167 e. The molecule has 2 rings (SSSR count). The molecule has 0 aliphatic carbocycles. The Morgan fingerprint density at radius 3 is 3.11 bits per heavy atom. The number of morpholine rings is 1. The van der Waals surface area contributed by atoms with E-state index < -0.39 is 6.10 Å². The maximum atomic E-state index is 13.5. The van der Waals surface area contributed by atoms with Crippen LogP contribution in [0.5, 0.6) is 0 Å². The summed E-state index contributed by atoms with van der Waals surface area (Å²) in [7, 11) is 1.95. The fourth-order valence-electron chi connectivity index (χ4n) is 1.95. The normalized spacial score (nSPS) is 20.9. The predicted octanol–water partition coefficient (Wildman–Crippen LogP) is 2.03. The number of hydrogen-bond donors (Lipinski definition) is 0. The monoisotopic (exact) mass is 315 g/mol. The molecule has 18 heavy (non-hydrogen) atoms. The highest BCUT2D eigenvalue weighted by molar-refractivity contribution is 9.10. The molecule has 0 saturated carbocycles. The van der Waals surface area contributed by atoms with Crippen molar-refractivity contribution in [3.05, 3.63) is 34.1 Å². The van der Waals surface area contributed by atoms with Gasteiger partial charge in [-0.3, -0.25) is 4.79 Å². The van der Waals surface area contributed by atoms with Gasteiger partial charge in [-0.25, -0.2) is 4.39 Å². The van der Waals surface area contributed by atoms with Gasteiger partial charge in [0.05, 0.1) is 6.61 Å². The Hall–Kier alpha value is -0.780. The van der Waals surface area contributed by atoms with Crippen LogP contribution in [0.2, 0.25) is 0 Å². The van der Waals surface area contributed by atoms with Gasteiger partial charge in [0, 0.05) is 24.0 Å². The van der Waals surface area contributed by atoms with E-state index in [0.29, 0.717) is 18.7 Å². The van der Waals surface area contributed by atoms with Crippen molar-refractivity contribution in [2.75, 3.05) is 26.7 Å². The van der Waals surface area contributed by atoms with E-state index in [4.69, 9.17) is 4.74 Å². The van der Waals surface area contributed by atoms with Gasteiger partial charge in [0.2, 0.25) is 0 Å². The molecule has 1 fully saturated rings. The number of Topliss-reactive ketones (excluding diaryl/α,β-unsaturated/α-hetero) is 1. The molecule has 1 aliphatic rings. The topological polar surface area (TPSA) is 29.5 Å². The zero-order valence-electron chi connectivity index (χ0n) is 10.2. The van der Waals surface area contributed by atoms with Crippen molar-refractivity contribution in [3.8, 4) is 0 Å². The Labute approximate surface area is 114 Å². The molecule has 3 nitrogen and oxygen atoms in total. The molecule has 1 aromatic carbocycles. The number of ether oxygens (including phenoxy) is 1. The Balaban J connectivity index is 2.04. The molecule has 1 heterocycles. The van der Waals surface area contributed by atoms with Gasteiger partial charge in [-0.1, -0.05) is 15.9 Å². The van der Waals surface area contributed by atoms with Crippen LogP contribution >= 0.6 is 15.9 Å². The van der Waals surface area contributed by atoms with Crippen LogP contribution in [0.15, 0.2) is 22.7 Å². The van der Waals surface area contributed by atoms with E-state index >= 15 is 0 Å². The van der Waals surface area contributed by atoms with E-state index in [0.717, 1.165) is 11.0 Å². The first-order valence-corrected chi connectivity index (χ1v) is 6.62. The first-order valence-electron chi connectivity index (χ1n) is 5.83. The molecule has 5 heteroatoms. The molecule has 0 spiro atoms. The van der Waals surface area contributed by atoms with E-state index in [-0.39, 0.29) is 18.0 Å². The first kappa shape index (κ1) is 13.6. The maximum absolute atomic E-state index is 13.5. The molecular formula is C13H15BrFNO2. The Morgan fingerprint density at radius 2 is 2.39 bits per heavy atom. The SMILES string of the molecule is CN1CCOC(C(=O)Cc2cc(Br)ccc2F)C1. The summed E-state index contributed by atoms with van der Waals surface area (Å²) in [5.41, 5.74) is 0.409. The van der Waals surface area contributed by atoms with Crippen molar-refractivity contribution >= 4 is 21.7 Å². The van der Waals surface area contributed by atoms with Crippen molar-refractivity contribution in [2.45, 2.75) is 12.5 Å². The van der Waals surface area contributed by atoms with Gasteiger partial charge < -0.3 is 9.64 Å². The number of ketones is 1. The van der Waals surface area contributed by atoms with Crippen LogP contribution in [0.25, 0.3) is 0 Å². The van der Waals surface area contributed by atoms with Crippen LogP contribution < -0.4 is 0 Å². The average molecular weight is 316 g/mol. The summed E-state index contributed by atoms with van der Waals surface area (Å²) in [5, 5.41) is 0. The third-order valence-electron chi connectivity index (χ3n) is 3.00. The highest BCUT2D eigenvalue weighted by Gasteiger charge is 2.25. The highest BCUT2D eigenvalue weighted by atomic mass is 79.9. The molecule has 98 valence electrons. The zero-order valence-corrected chi connectivity index (χ0v) is 11.7. The van der Waals surface area contributed by atoms with E-state index in [9.17, 15) is 9.18 Å². The van der Waals surface area contributed by atoms with Crippen LogP contribution in [0.3, 0.4) is 0 Å². The van der Waals surface area contributed by atoms with Crippen molar-refractivity contribution in [2.24, 2.45) is 0 Å². The molecule has 0 bridgehead atoms. The van der Waals surface area contributed by atoms with Crippen LogP contribution in [-0.4, -0.2) is 43.5 Å². The van der Waals surface area contributed by atoms with E-state index in [1.165, 1.54) is 6.07 Å². The van der Waals surface area contributed by atoms with Crippen LogP contribution in [0, 0.1) is 5.82 Å². The fourth-order valence-corrected chi connectivity index (χ4v) is 2.36. The van der Waals surface area contributed by atoms with Gasteiger partial charge in [-0.2, -0.15) is 0 Å². The van der Waals surface area contributed by atoms with E-state index in [1.54, 1.807) is 12.1 Å². The van der Waals surface area contributed by atoms with Crippen LogP contribution in [0.1, 0.15) is 5.56 Å². The van der Waals surface area contributed by atoms with Crippen LogP contribution in [0.4, 0.5) is 4.39 Å². The Bertz CT molecular complexity index is 453. The molecular weight excluding hydrogens is 301 g/mol. The second kappa shape index (κ2) is 5.91. The van der Waals surface area contributed by atoms with Gasteiger partial charge in [0.15, 0.2) is 5.78 Å². The predicted molar refractivity (Wildman–Crippen MR) is 70.0 cm³/mol. The number of rotatable bonds is 3. The number of benzene rings is 1. The quantitative estimate of drug-likeness (QED) is 0.855. The molecule has 1 aromatic rings. The summed E-state index contributed by atoms with van der Waals surface area (Å²) in [6.07, 6.45) is -0.369. The van der Waals surface area contributed by atoms with Crippen LogP contribution in [-0.2, 0) is 16.0 Å². The van der Waals surface area contributed by atoms with E-state index in [2.05, 4.69) is 15.9 Å². The molecule has 1 atom stereocenters. The van der Waals surface area contributed by atoms with Gasteiger partial charge >= 0.3 is 0 Å². The second-order valence-electron chi connectivity index (χ2n) is 4.50. The van der Waals surface area contributed by atoms with Gasteiger partial charge in [0.25, 0.3) is 0 Å². The number of carbonyl (C=O) groups is 1. The Morgan fingerprint density at radius 1 is 1.61 bits per heavy atom. The lowest BCUT2D eigenvalue weighted by Crippen LogP contribution is -2.44. The minimum absolute atomic E-state index is 0.0708. The summed E-state index contributed by atoms with van der Waals surface area (Å²) in [5.74, 6) is -0.422. The largest absolute Gasteiger partial charge is 0.368 e. The smallest absolute Gasteiger partial charge is 0.167 e. The zero-order chi connectivity index (χ0) is 13.1. The lowest BCUT2D eigenvalue weighted by molar-refractivity contribution is -0.134. The minimum Gasteiger partial charge on any atom is -0.368 e. The number of likely N-dealkylation sites (N-methyl/N-ethyl adjacent to an activating group) is 1. The third kappa shape index (κ3) is 3.37. The van der Waals surface area contributed by atoms with Crippen molar-refractivity contribution < 1.29 is 13.9 Å².